The van der Waals surface area contributed by atoms with Crippen molar-refractivity contribution in [2.45, 2.75) is 19.3 Å². The lowest BCUT2D eigenvalue weighted by atomic mass is 9.99. The number of Topliss-reactive ketones (excluding diaryl/α,β-unsaturated/α-hetero) is 1. The first-order valence-corrected chi connectivity index (χ1v) is 6.38. The van der Waals surface area contributed by atoms with Crippen molar-refractivity contribution >= 4 is 17.4 Å². The van der Waals surface area contributed by atoms with E-state index in [0.29, 0.717) is 22.7 Å². The van der Waals surface area contributed by atoms with Crippen LogP contribution in [-0.2, 0) is 6.42 Å². The maximum atomic E-state index is 12.0. The van der Waals surface area contributed by atoms with Crippen LogP contribution in [0, 0.1) is 11.3 Å². The van der Waals surface area contributed by atoms with E-state index in [1.165, 1.54) is 0 Å². The maximum absolute atomic E-state index is 12.0. The number of hydrogen-bond donors (Lipinski definition) is 0. The number of aryl methyl sites for hydroxylation is 1. The third kappa shape index (κ3) is 1.92. The predicted octanol–water partition coefficient (Wildman–Crippen LogP) is 2.92. The van der Waals surface area contributed by atoms with E-state index in [2.05, 4.69) is 4.98 Å². The molecule has 3 rings (SSSR count). The molecular formula is C14H10ClN3O. The molecule has 0 N–H and O–H groups in total. The molecule has 1 aliphatic rings. The molecule has 1 aromatic heterocycles. The van der Waals surface area contributed by atoms with E-state index < -0.39 is 0 Å². The number of nitrogens with zero attached hydrogens (tertiary/aromatic N) is 3. The molecule has 5 heteroatoms. The molecule has 1 aromatic carbocycles. The Morgan fingerprint density at radius 3 is 2.95 bits per heavy atom. The molecule has 0 unspecified atom stereocenters. The van der Waals surface area contributed by atoms with E-state index in [4.69, 9.17) is 16.9 Å². The Morgan fingerprint density at radius 2 is 2.21 bits per heavy atom. The zero-order valence-electron chi connectivity index (χ0n) is 10.1. The molecule has 0 saturated carbocycles. The highest BCUT2D eigenvalue weighted by Gasteiger charge is 2.23. The molecule has 0 spiro atoms. The quantitative estimate of drug-likeness (QED) is 0.801. The van der Waals surface area contributed by atoms with Crippen LogP contribution in [0.1, 0.15) is 34.6 Å². The second kappa shape index (κ2) is 4.52. The van der Waals surface area contributed by atoms with Gasteiger partial charge in [0, 0.05) is 12.1 Å². The lowest BCUT2D eigenvalue weighted by Crippen LogP contribution is -2.14. The monoisotopic (exact) mass is 271 g/mol. The molecule has 94 valence electrons. The van der Waals surface area contributed by atoms with Crippen molar-refractivity contribution < 1.29 is 4.79 Å². The third-order valence-corrected chi connectivity index (χ3v) is 3.59. The third-order valence-electron chi connectivity index (χ3n) is 3.28. The fourth-order valence-corrected chi connectivity index (χ4v) is 2.56. The summed E-state index contributed by atoms with van der Waals surface area (Å²) < 4.78 is 1.75. The zero-order valence-corrected chi connectivity index (χ0v) is 10.8. The Hall–Kier alpha value is -2.12. The zero-order chi connectivity index (χ0) is 13.4. The fraction of sp³-hybridized carbons (Fsp3) is 0.214. The van der Waals surface area contributed by atoms with Crippen LogP contribution in [0.5, 0.6) is 0 Å². The van der Waals surface area contributed by atoms with Crippen molar-refractivity contribution in [3.8, 4) is 11.8 Å². The van der Waals surface area contributed by atoms with Gasteiger partial charge in [0.2, 0.25) is 0 Å². The van der Waals surface area contributed by atoms with Crippen LogP contribution in [0.4, 0.5) is 0 Å². The molecule has 19 heavy (non-hydrogen) atoms. The predicted molar refractivity (Wildman–Crippen MR) is 70.6 cm³/mol. The first kappa shape index (κ1) is 11.9. The molecule has 0 fully saturated rings. The minimum atomic E-state index is 0.110. The fourth-order valence-electron chi connectivity index (χ4n) is 2.34. The number of ketones is 1. The maximum Gasteiger partial charge on any atom is 0.181 e. The summed E-state index contributed by atoms with van der Waals surface area (Å²) in [6, 6.07) is 7.12. The van der Waals surface area contributed by atoms with Gasteiger partial charge in [-0.2, -0.15) is 5.26 Å². The minimum absolute atomic E-state index is 0.110. The van der Waals surface area contributed by atoms with Gasteiger partial charge in [0.15, 0.2) is 5.78 Å². The number of imidazole rings is 1. The van der Waals surface area contributed by atoms with Gasteiger partial charge in [-0.15, -0.1) is 0 Å². The van der Waals surface area contributed by atoms with Crippen LogP contribution in [0.25, 0.3) is 5.69 Å². The standard InChI is InChI=1S/C14H10ClN3O/c15-11-6-10(5-4-9(11)7-16)18-8-17-12-2-1-3-13(19)14(12)18/h4-6,8H,1-3H2. The highest BCUT2D eigenvalue weighted by Crippen LogP contribution is 2.25. The smallest absolute Gasteiger partial charge is 0.181 e. The topological polar surface area (TPSA) is 58.7 Å². The van der Waals surface area contributed by atoms with E-state index in [0.717, 1.165) is 24.2 Å². The first-order chi connectivity index (χ1) is 9.20. The Morgan fingerprint density at radius 1 is 1.37 bits per heavy atom. The Balaban J connectivity index is 2.13. The van der Waals surface area contributed by atoms with Gasteiger partial charge in [0.25, 0.3) is 0 Å². The molecule has 0 aliphatic heterocycles. The lowest BCUT2D eigenvalue weighted by molar-refractivity contribution is 0.0965. The van der Waals surface area contributed by atoms with E-state index in [-0.39, 0.29) is 5.78 Å². The number of benzene rings is 1. The van der Waals surface area contributed by atoms with Crippen molar-refractivity contribution in [1.82, 2.24) is 9.55 Å². The Bertz CT molecular complexity index is 712. The number of carbonyl (C=O) groups excluding carboxylic acids is 1. The van der Waals surface area contributed by atoms with Gasteiger partial charge in [-0.25, -0.2) is 4.98 Å². The number of rotatable bonds is 1. The molecule has 0 radical (unpaired) electrons. The van der Waals surface area contributed by atoms with Gasteiger partial charge >= 0.3 is 0 Å². The molecular weight excluding hydrogens is 262 g/mol. The van der Waals surface area contributed by atoms with Crippen LogP contribution in [-0.4, -0.2) is 15.3 Å². The number of aromatic nitrogens is 2. The SMILES string of the molecule is N#Cc1ccc(-n2cnc3c2C(=O)CCC3)cc1Cl. The van der Waals surface area contributed by atoms with Crippen LogP contribution in [0.2, 0.25) is 5.02 Å². The Kier molecular flexibility index (Phi) is 2.84. The van der Waals surface area contributed by atoms with Crippen molar-refractivity contribution in [2.75, 3.05) is 0 Å². The summed E-state index contributed by atoms with van der Waals surface area (Å²) in [7, 11) is 0. The normalized spacial score (nSPS) is 14.0. The summed E-state index contributed by atoms with van der Waals surface area (Å²) in [4.78, 5) is 16.3. The highest BCUT2D eigenvalue weighted by atomic mass is 35.5. The van der Waals surface area contributed by atoms with Gasteiger partial charge in [-0.3, -0.25) is 9.36 Å². The van der Waals surface area contributed by atoms with Gasteiger partial charge < -0.3 is 0 Å². The molecule has 1 aliphatic carbocycles. The van der Waals surface area contributed by atoms with E-state index in [9.17, 15) is 4.79 Å². The van der Waals surface area contributed by atoms with E-state index >= 15 is 0 Å². The van der Waals surface area contributed by atoms with Gasteiger partial charge in [0.05, 0.1) is 16.3 Å². The number of nitriles is 1. The second-order valence-electron chi connectivity index (χ2n) is 4.46. The van der Waals surface area contributed by atoms with Gasteiger partial charge in [-0.1, -0.05) is 11.6 Å². The van der Waals surface area contributed by atoms with Crippen LogP contribution < -0.4 is 0 Å². The minimum Gasteiger partial charge on any atom is -0.296 e. The average molecular weight is 272 g/mol. The Labute approximate surface area is 115 Å². The number of halogens is 1. The number of carbonyl (C=O) groups is 1. The van der Waals surface area contributed by atoms with Gasteiger partial charge in [-0.05, 0) is 31.0 Å². The second-order valence-corrected chi connectivity index (χ2v) is 4.87. The summed E-state index contributed by atoms with van der Waals surface area (Å²) in [5, 5.41) is 9.25. The van der Waals surface area contributed by atoms with Crippen molar-refractivity contribution in [2.24, 2.45) is 0 Å². The summed E-state index contributed by atoms with van der Waals surface area (Å²) >= 11 is 6.02. The van der Waals surface area contributed by atoms with Gasteiger partial charge in [0.1, 0.15) is 18.1 Å². The summed E-state index contributed by atoms with van der Waals surface area (Å²) in [6.45, 7) is 0. The summed E-state index contributed by atoms with van der Waals surface area (Å²) in [6.07, 6.45) is 3.89. The molecule has 4 nitrogen and oxygen atoms in total. The van der Waals surface area contributed by atoms with Crippen LogP contribution in [0.3, 0.4) is 0 Å². The number of hydrogen-bond acceptors (Lipinski definition) is 3. The van der Waals surface area contributed by atoms with Crippen molar-refractivity contribution in [1.29, 1.82) is 5.26 Å². The molecule has 0 atom stereocenters. The summed E-state index contributed by atoms with van der Waals surface area (Å²) in [5.74, 6) is 0.110. The van der Waals surface area contributed by atoms with Crippen molar-refractivity contribution in [3.05, 3.63) is 46.5 Å². The lowest BCUT2D eigenvalue weighted by Gasteiger charge is -2.13. The molecule has 0 amide bonds. The highest BCUT2D eigenvalue weighted by molar-refractivity contribution is 6.31. The van der Waals surface area contributed by atoms with E-state index in [1.54, 1.807) is 29.1 Å². The summed E-state index contributed by atoms with van der Waals surface area (Å²) in [5.41, 5.74) is 2.67. The molecule has 0 saturated heterocycles. The van der Waals surface area contributed by atoms with Crippen LogP contribution >= 0.6 is 11.6 Å². The van der Waals surface area contributed by atoms with E-state index in [1.807, 2.05) is 6.07 Å². The average Bonchev–Trinajstić information content (AvgIpc) is 2.84. The molecule has 1 heterocycles. The number of fused-ring (bicyclic) bond motifs is 1. The first-order valence-electron chi connectivity index (χ1n) is 6.00. The van der Waals surface area contributed by atoms with Crippen molar-refractivity contribution in [3.63, 3.8) is 0 Å². The molecule has 2 aromatic rings. The molecule has 0 bridgehead atoms. The van der Waals surface area contributed by atoms with Crippen LogP contribution in [0.15, 0.2) is 24.5 Å². The largest absolute Gasteiger partial charge is 0.296 e.